The highest BCUT2D eigenvalue weighted by Crippen LogP contribution is 2.50. The molecule has 6 nitrogen and oxygen atoms in total. The van der Waals surface area contributed by atoms with E-state index in [0.717, 1.165) is 30.6 Å². The summed E-state index contributed by atoms with van der Waals surface area (Å²) in [4.78, 5) is 11.0. The molecule has 1 aliphatic heterocycles. The number of nitriles is 1. The Hall–Kier alpha value is -3.57. The smallest absolute Gasteiger partial charge is 0.167 e. The van der Waals surface area contributed by atoms with Gasteiger partial charge in [-0.2, -0.15) is 5.26 Å². The summed E-state index contributed by atoms with van der Waals surface area (Å²) in [6.45, 7) is 1.20. The van der Waals surface area contributed by atoms with Gasteiger partial charge in [0.15, 0.2) is 11.6 Å². The molecular weight excluding hydrogens is 410 g/mol. The molecule has 0 saturated carbocycles. The van der Waals surface area contributed by atoms with Crippen LogP contribution in [-0.4, -0.2) is 36.1 Å². The van der Waals surface area contributed by atoms with Gasteiger partial charge >= 0.3 is 0 Å². The highest BCUT2D eigenvalue weighted by Gasteiger charge is 2.36. The van der Waals surface area contributed by atoms with Crippen molar-refractivity contribution in [3.05, 3.63) is 59.2 Å². The zero-order valence-electron chi connectivity index (χ0n) is 17.6. The Morgan fingerprint density at radius 2 is 2.09 bits per heavy atom. The van der Waals surface area contributed by atoms with E-state index < -0.39 is 11.6 Å². The van der Waals surface area contributed by atoms with Crippen molar-refractivity contribution in [1.29, 1.82) is 5.26 Å². The Labute approximate surface area is 184 Å². The van der Waals surface area contributed by atoms with Gasteiger partial charge in [0, 0.05) is 85.2 Å². The monoisotopic (exact) mass is 432 g/mol. The number of nitrogens with zero attached hydrogens (tertiary/aromatic N) is 4. The second-order valence-corrected chi connectivity index (χ2v) is 8.14. The van der Waals surface area contributed by atoms with Gasteiger partial charge in [-0.1, -0.05) is 0 Å². The van der Waals surface area contributed by atoms with E-state index in [1.54, 1.807) is 25.5 Å². The fraction of sp³-hybridized carbons (Fsp3) is 0.292. The highest BCUT2D eigenvalue weighted by molar-refractivity contribution is 5.97. The minimum atomic E-state index is -0.901. The van der Waals surface area contributed by atoms with Crippen LogP contribution in [0.3, 0.4) is 0 Å². The Kier molecular flexibility index (Phi) is 4.98. The molecule has 32 heavy (non-hydrogen) atoms. The van der Waals surface area contributed by atoms with Gasteiger partial charge in [0.05, 0.1) is 16.9 Å². The predicted molar refractivity (Wildman–Crippen MR) is 119 cm³/mol. The van der Waals surface area contributed by atoms with E-state index in [0.29, 0.717) is 46.6 Å². The maximum atomic E-state index is 15.3. The number of hydrogen-bond donors (Lipinski definition) is 2. The normalized spacial score (nSPS) is 16.6. The summed E-state index contributed by atoms with van der Waals surface area (Å²) in [6.07, 6.45) is 7.18. The quantitative estimate of drug-likeness (QED) is 0.509. The third-order valence-corrected chi connectivity index (χ3v) is 6.44. The lowest BCUT2D eigenvalue weighted by Crippen LogP contribution is -2.36. The van der Waals surface area contributed by atoms with Gasteiger partial charge in [-0.25, -0.2) is 8.78 Å². The fourth-order valence-corrected chi connectivity index (χ4v) is 4.97. The SMILES string of the molecule is CNc1cc(F)c(F)c2c1Cc1ncc(-c3cncc(C#N)c3)c(N3CCCC3CN)c1-2. The van der Waals surface area contributed by atoms with Crippen LogP contribution in [0.2, 0.25) is 0 Å². The number of pyridine rings is 2. The molecule has 0 radical (unpaired) electrons. The van der Waals surface area contributed by atoms with Crippen molar-refractivity contribution in [3.63, 3.8) is 0 Å². The Bertz CT molecular complexity index is 1270. The van der Waals surface area contributed by atoms with Gasteiger partial charge in [0.2, 0.25) is 0 Å². The molecule has 2 aromatic heterocycles. The summed E-state index contributed by atoms with van der Waals surface area (Å²) in [5, 5.41) is 12.3. The molecule has 3 aromatic rings. The molecule has 1 aliphatic carbocycles. The van der Waals surface area contributed by atoms with Crippen molar-refractivity contribution in [2.45, 2.75) is 25.3 Å². The van der Waals surface area contributed by atoms with Crippen LogP contribution in [0.25, 0.3) is 22.3 Å². The van der Waals surface area contributed by atoms with E-state index >= 15 is 4.39 Å². The standard InChI is InChI=1S/C24H22F2N6/c1-29-19-7-18(25)23(26)21-16(19)6-20-22(21)24(32-4-2-3-15(32)9-28)17(12-31-20)14-5-13(8-27)10-30-11-14/h5,7,10-12,15,29H,2-4,6,9,28H2,1H3. The van der Waals surface area contributed by atoms with Crippen LogP contribution >= 0.6 is 0 Å². The largest absolute Gasteiger partial charge is 0.388 e. The molecule has 1 fully saturated rings. The van der Waals surface area contributed by atoms with Crippen molar-refractivity contribution in [2.24, 2.45) is 5.73 Å². The number of hydrogen-bond acceptors (Lipinski definition) is 6. The first-order valence-corrected chi connectivity index (χ1v) is 10.6. The predicted octanol–water partition coefficient (Wildman–Crippen LogP) is 3.83. The van der Waals surface area contributed by atoms with Crippen LogP contribution in [0.5, 0.6) is 0 Å². The van der Waals surface area contributed by atoms with E-state index in [-0.39, 0.29) is 11.6 Å². The highest BCUT2D eigenvalue weighted by atomic mass is 19.2. The minimum absolute atomic E-state index is 0.0804. The Balaban J connectivity index is 1.84. The van der Waals surface area contributed by atoms with Gasteiger partial charge in [-0.15, -0.1) is 0 Å². The number of benzene rings is 1. The van der Waals surface area contributed by atoms with Crippen LogP contribution in [0.15, 0.2) is 30.7 Å². The molecule has 3 heterocycles. The van der Waals surface area contributed by atoms with Crippen molar-refractivity contribution >= 4 is 11.4 Å². The molecule has 0 amide bonds. The average Bonchev–Trinajstić information content (AvgIpc) is 3.45. The molecule has 1 atom stereocenters. The lowest BCUT2D eigenvalue weighted by atomic mass is 9.96. The van der Waals surface area contributed by atoms with E-state index in [1.807, 2.05) is 0 Å². The lowest BCUT2D eigenvalue weighted by Gasteiger charge is -2.30. The van der Waals surface area contributed by atoms with Crippen molar-refractivity contribution < 1.29 is 8.78 Å². The molecule has 0 spiro atoms. The molecular formula is C24H22F2N6. The molecule has 162 valence electrons. The van der Waals surface area contributed by atoms with E-state index in [9.17, 15) is 9.65 Å². The number of halogens is 2. The Morgan fingerprint density at radius 1 is 1.25 bits per heavy atom. The van der Waals surface area contributed by atoms with Gasteiger partial charge in [-0.05, 0) is 24.5 Å². The topological polar surface area (TPSA) is 90.9 Å². The Morgan fingerprint density at radius 3 is 2.84 bits per heavy atom. The lowest BCUT2D eigenvalue weighted by molar-refractivity contribution is 0.511. The third-order valence-electron chi connectivity index (χ3n) is 6.44. The minimum Gasteiger partial charge on any atom is -0.388 e. The summed E-state index contributed by atoms with van der Waals surface area (Å²) >= 11 is 0. The summed E-state index contributed by atoms with van der Waals surface area (Å²) in [5.41, 5.74) is 11.5. The number of rotatable bonds is 4. The van der Waals surface area contributed by atoms with Crippen LogP contribution in [-0.2, 0) is 6.42 Å². The van der Waals surface area contributed by atoms with Crippen LogP contribution in [0, 0.1) is 23.0 Å². The molecule has 5 rings (SSSR count). The number of nitrogens with one attached hydrogen (secondary N) is 1. The zero-order valence-corrected chi connectivity index (χ0v) is 17.6. The van der Waals surface area contributed by atoms with E-state index in [1.165, 1.54) is 12.3 Å². The second kappa shape index (κ2) is 7.84. The molecule has 1 aromatic carbocycles. The zero-order chi connectivity index (χ0) is 22.4. The first-order chi connectivity index (χ1) is 15.6. The molecule has 8 heteroatoms. The fourth-order valence-electron chi connectivity index (χ4n) is 4.97. The van der Waals surface area contributed by atoms with Crippen LogP contribution < -0.4 is 16.0 Å². The van der Waals surface area contributed by atoms with Gasteiger partial charge in [0.1, 0.15) is 6.07 Å². The average molecular weight is 432 g/mol. The third kappa shape index (κ3) is 3.00. The molecule has 1 unspecified atom stereocenters. The maximum Gasteiger partial charge on any atom is 0.167 e. The van der Waals surface area contributed by atoms with Gasteiger partial charge in [-0.3, -0.25) is 9.97 Å². The molecule has 2 aliphatic rings. The summed E-state index contributed by atoms with van der Waals surface area (Å²) in [6, 6.07) is 5.13. The van der Waals surface area contributed by atoms with Crippen molar-refractivity contribution in [2.75, 3.05) is 30.4 Å². The van der Waals surface area contributed by atoms with Crippen LogP contribution in [0.4, 0.5) is 20.2 Å². The molecule has 1 saturated heterocycles. The number of nitrogens with two attached hydrogens (primary N) is 1. The van der Waals surface area contributed by atoms with Gasteiger partial charge < -0.3 is 16.0 Å². The van der Waals surface area contributed by atoms with E-state index in [2.05, 4.69) is 26.3 Å². The summed E-state index contributed by atoms with van der Waals surface area (Å²) < 4.78 is 29.8. The van der Waals surface area contributed by atoms with Crippen molar-refractivity contribution in [1.82, 2.24) is 9.97 Å². The first-order valence-electron chi connectivity index (χ1n) is 10.6. The summed E-state index contributed by atoms with van der Waals surface area (Å²) in [5.74, 6) is -1.77. The number of fused-ring (bicyclic) bond motifs is 3. The van der Waals surface area contributed by atoms with Crippen molar-refractivity contribution in [3.8, 4) is 28.3 Å². The van der Waals surface area contributed by atoms with Gasteiger partial charge in [0.25, 0.3) is 0 Å². The van der Waals surface area contributed by atoms with E-state index in [4.69, 9.17) is 5.73 Å². The second-order valence-electron chi connectivity index (χ2n) is 8.14. The number of anilines is 2. The van der Waals surface area contributed by atoms with Crippen LogP contribution in [0.1, 0.15) is 29.7 Å². The maximum absolute atomic E-state index is 15.3. The first kappa shape index (κ1) is 20.3. The summed E-state index contributed by atoms with van der Waals surface area (Å²) in [7, 11) is 1.69. The number of aromatic nitrogens is 2. The molecule has 0 bridgehead atoms. The molecule has 3 N–H and O–H groups in total.